The fourth-order valence-corrected chi connectivity index (χ4v) is 0.519. The summed E-state index contributed by atoms with van der Waals surface area (Å²) in [5.41, 5.74) is 0. The van der Waals surface area contributed by atoms with Gasteiger partial charge in [0.15, 0.2) is 0 Å². The van der Waals surface area contributed by atoms with Crippen molar-refractivity contribution in [3.63, 3.8) is 0 Å². The molecular weight excluding hydrogens is 178 g/mol. The standard InChI is InChI=1S/C6H12O2.C5H14N/c1-2-3-4-5-6(7)8;1-5-6(2,3)4/h2-5H2,1H3,(H,7,8);5H2,1-4H3/q;+1/p-1. The van der Waals surface area contributed by atoms with Gasteiger partial charge in [0.05, 0.1) is 27.7 Å². The predicted octanol–water partition coefficient (Wildman–Crippen LogP) is 1.03. The molecule has 0 aromatic rings. The van der Waals surface area contributed by atoms with Gasteiger partial charge in [-0.2, -0.15) is 0 Å². The molecule has 0 saturated carbocycles. The summed E-state index contributed by atoms with van der Waals surface area (Å²) in [4.78, 5) is 9.76. The summed E-state index contributed by atoms with van der Waals surface area (Å²) in [5, 5.41) is 9.76. The van der Waals surface area contributed by atoms with E-state index in [0.717, 1.165) is 23.7 Å². The van der Waals surface area contributed by atoms with Gasteiger partial charge in [0.25, 0.3) is 0 Å². The fourth-order valence-electron chi connectivity index (χ4n) is 0.519. The highest BCUT2D eigenvalue weighted by molar-refractivity contribution is 5.63. The number of unbranched alkanes of at least 4 members (excludes halogenated alkanes) is 2. The monoisotopic (exact) mass is 203 g/mol. The summed E-state index contributed by atoms with van der Waals surface area (Å²) in [7, 11) is 6.54. The van der Waals surface area contributed by atoms with E-state index in [4.69, 9.17) is 0 Å². The first-order chi connectivity index (χ1) is 6.33. The Morgan fingerprint density at radius 1 is 1.14 bits per heavy atom. The first-order valence-corrected chi connectivity index (χ1v) is 5.33. The number of hydrogen-bond donors (Lipinski definition) is 0. The van der Waals surface area contributed by atoms with E-state index in [1.165, 1.54) is 6.54 Å². The van der Waals surface area contributed by atoms with Crippen LogP contribution in [0.25, 0.3) is 0 Å². The largest absolute Gasteiger partial charge is 0.550 e. The highest BCUT2D eigenvalue weighted by Crippen LogP contribution is 1.96. The highest BCUT2D eigenvalue weighted by atomic mass is 16.4. The maximum Gasteiger partial charge on any atom is 0.0751 e. The molecule has 0 N–H and O–H groups in total. The van der Waals surface area contributed by atoms with Crippen LogP contribution in [0.1, 0.15) is 39.5 Å². The minimum absolute atomic E-state index is 0.216. The van der Waals surface area contributed by atoms with Crippen LogP contribution < -0.4 is 5.11 Å². The van der Waals surface area contributed by atoms with Crippen LogP contribution in [0, 0.1) is 0 Å². The highest BCUT2D eigenvalue weighted by Gasteiger charge is 1.97. The van der Waals surface area contributed by atoms with Crippen molar-refractivity contribution in [1.29, 1.82) is 0 Å². The molecule has 0 aromatic heterocycles. The van der Waals surface area contributed by atoms with Crippen LogP contribution in [0.3, 0.4) is 0 Å². The van der Waals surface area contributed by atoms with Crippen molar-refractivity contribution < 1.29 is 14.4 Å². The Bertz CT molecular complexity index is 139. The normalized spacial score (nSPS) is 10.4. The van der Waals surface area contributed by atoms with Crippen molar-refractivity contribution in [3.8, 4) is 0 Å². The molecule has 0 aliphatic carbocycles. The molecule has 0 rings (SSSR count). The van der Waals surface area contributed by atoms with Gasteiger partial charge in [-0.25, -0.2) is 0 Å². The molecule has 0 atom stereocenters. The number of rotatable bonds is 5. The number of carbonyl (C=O) groups is 1. The molecule has 0 heterocycles. The van der Waals surface area contributed by atoms with Gasteiger partial charge in [-0.1, -0.05) is 19.8 Å². The molecule has 0 aromatic carbocycles. The smallest absolute Gasteiger partial charge is 0.0751 e. The topological polar surface area (TPSA) is 40.1 Å². The van der Waals surface area contributed by atoms with E-state index in [1.54, 1.807) is 0 Å². The average Bonchev–Trinajstić information content (AvgIpc) is 2.04. The molecule has 0 bridgehead atoms. The second kappa shape index (κ2) is 9.00. The lowest BCUT2D eigenvalue weighted by Crippen LogP contribution is -2.33. The lowest BCUT2D eigenvalue weighted by molar-refractivity contribution is -0.868. The zero-order chi connectivity index (χ0) is 11.6. The summed E-state index contributed by atoms with van der Waals surface area (Å²) >= 11 is 0. The van der Waals surface area contributed by atoms with Crippen LogP contribution in [0.4, 0.5) is 0 Å². The number of carboxylic acid groups (broad SMARTS) is 1. The Balaban J connectivity index is 0. The minimum Gasteiger partial charge on any atom is -0.550 e. The maximum atomic E-state index is 9.76. The third-order valence-electron chi connectivity index (χ3n) is 1.93. The zero-order valence-electron chi connectivity index (χ0n) is 10.3. The molecule has 0 radical (unpaired) electrons. The Morgan fingerprint density at radius 3 is 1.79 bits per heavy atom. The van der Waals surface area contributed by atoms with Crippen molar-refractivity contribution in [2.24, 2.45) is 0 Å². The third-order valence-corrected chi connectivity index (χ3v) is 1.93. The summed E-state index contributed by atoms with van der Waals surface area (Å²) in [6.07, 6.45) is 3.04. The van der Waals surface area contributed by atoms with E-state index in [-0.39, 0.29) is 6.42 Å². The number of carboxylic acids is 1. The van der Waals surface area contributed by atoms with Gasteiger partial charge in [0.1, 0.15) is 0 Å². The SMILES string of the molecule is CCCCCC(=O)[O-].CC[N+](C)(C)C. The summed E-state index contributed by atoms with van der Waals surface area (Å²) in [6.45, 7) is 5.43. The third kappa shape index (κ3) is 22.5. The molecule has 0 fully saturated rings. The van der Waals surface area contributed by atoms with E-state index in [1.807, 2.05) is 6.92 Å². The Kier molecular flexibility index (Phi) is 10.2. The van der Waals surface area contributed by atoms with E-state index < -0.39 is 5.97 Å². The van der Waals surface area contributed by atoms with E-state index in [0.29, 0.717) is 0 Å². The van der Waals surface area contributed by atoms with Crippen LogP contribution in [0.15, 0.2) is 0 Å². The lowest BCUT2D eigenvalue weighted by atomic mass is 10.2. The molecular formula is C11H25NO2. The molecule has 0 aliphatic rings. The summed E-state index contributed by atoms with van der Waals surface area (Å²) < 4.78 is 1.07. The molecule has 14 heavy (non-hydrogen) atoms. The molecule has 0 unspecified atom stereocenters. The number of hydrogen-bond acceptors (Lipinski definition) is 2. The zero-order valence-corrected chi connectivity index (χ0v) is 10.3. The summed E-state index contributed by atoms with van der Waals surface area (Å²) in [5.74, 6) is -0.932. The Labute approximate surface area is 88.3 Å². The van der Waals surface area contributed by atoms with Gasteiger partial charge in [-0.05, 0) is 19.8 Å². The Hall–Kier alpha value is -0.570. The predicted molar refractivity (Wildman–Crippen MR) is 57.7 cm³/mol. The van der Waals surface area contributed by atoms with Crippen molar-refractivity contribution in [2.45, 2.75) is 39.5 Å². The van der Waals surface area contributed by atoms with Crippen molar-refractivity contribution in [2.75, 3.05) is 27.7 Å². The van der Waals surface area contributed by atoms with Crippen molar-refractivity contribution >= 4 is 5.97 Å². The van der Waals surface area contributed by atoms with Gasteiger partial charge in [-0.3, -0.25) is 0 Å². The van der Waals surface area contributed by atoms with Crippen molar-refractivity contribution in [3.05, 3.63) is 0 Å². The molecule has 0 spiro atoms. The number of carbonyl (C=O) groups excluding carboxylic acids is 1. The van der Waals surface area contributed by atoms with Crippen LogP contribution in [0.5, 0.6) is 0 Å². The lowest BCUT2D eigenvalue weighted by Gasteiger charge is -2.20. The van der Waals surface area contributed by atoms with Gasteiger partial charge in [0.2, 0.25) is 0 Å². The van der Waals surface area contributed by atoms with Crippen molar-refractivity contribution in [1.82, 2.24) is 0 Å². The van der Waals surface area contributed by atoms with Gasteiger partial charge < -0.3 is 14.4 Å². The fraction of sp³-hybridized carbons (Fsp3) is 0.909. The second-order valence-corrected chi connectivity index (χ2v) is 4.44. The van der Waals surface area contributed by atoms with Gasteiger partial charge in [0, 0.05) is 5.97 Å². The van der Waals surface area contributed by atoms with E-state index in [9.17, 15) is 9.90 Å². The van der Waals surface area contributed by atoms with Gasteiger partial charge >= 0.3 is 0 Å². The maximum absolute atomic E-state index is 9.76. The molecule has 0 saturated heterocycles. The second-order valence-electron chi connectivity index (χ2n) is 4.44. The van der Waals surface area contributed by atoms with Crippen LogP contribution in [0.2, 0.25) is 0 Å². The minimum atomic E-state index is -0.932. The molecule has 3 heteroatoms. The van der Waals surface area contributed by atoms with E-state index >= 15 is 0 Å². The average molecular weight is 203 g/mol. The van der Waals surface area contributed by atoms with Gasteiger partial charge in [-0.15, -0.1) is 0 Å². The first kappa shape index (κ1) is 15.9. The van der Waals surface area contributed by atoms with Crippen LogP contribution >= 0.6 is 0 Å². The quantitative estimate of drug-likeness (QED) is 0.494. The first-order valence-electron chi connectivity index (χ1n) is 5.33. The Morgan fingerprint density at radius 2 is 1.57 bits per heavy atom. The number of aliphatic carboxylic acids is 1. The molecule has 0 amide bonds. The number of quaternary nitrogens is 1. The molecule has 0 aliphatic heterocycles. The van der Waals surface area contributed by atoms with Crippen LogP contribution in [-0.2, 0) is 4.79 Å². The molecule has 3 nitrogen and oxygen atoms in total. The molecule has 86 valence electrons. The van der Waals surface area contributed by atoms with Crippen LogP contribution in [-0.4, -0.2) is 38.1 Å². The number of nitrogens with zero attached hydrogens (tertiary/aromatic N) is 1. The van der Waals surface area contributed by atoms with E-state index in [2.05, 4.69) is 28.1 Å². The summed E-state index contributed by atoms with van der Waals surface area (Å²) in [6, 6.07) is 0.